The Hall–Kier alpha value is -2.70. The van der Waals surface area contributed by atoms with Crippen LogP contribution in [0.2, 0.25) is 0 Å². The summed E-state index contributed by atoms with van der Waals surface area (Å²) in [6.07, 6.45) is 1.45. The number of carbonyl (C=O) groups excluding carboxylic acids is 1. The predicted octanol–water partition coefficient (Wildman–Crippen LogP) is 2.90. The van der Waals surface area contributed by atoms with Gasteiger partial charge in [0.15, 0.2) is 5.82 Å². The third-order valence-corrected chi connectivity index (χ3v) is 4.29. The third kappa shape index (κ3) is 3.26. The quantitative estimate of drug-likeness (QED) is 0.689. The first-order valence-corrected chi connectivity index (χ1v) is 8.55. The second kappa shape index (κ2) is 7.04. The average Bonchev–Trinajstić information content (AvgIpc) is 3.19. The van der Waals surface area contributed by atoms with E-state index in [4.69, 9.17) is 4.52 Å². The molecule has 0 aliphatic rings. The van der Waals surface area contributed by atoms with Crippen molar-refractivity contribution in [2.24, 2.45) is 0 Å². The average molecular weight is 341 g/mol. The molecule has 3 rings (SSSR count). The highest BCUT2D eigenvalue weighted by molar-refractivity contribution is 5.84. The van der Waals surface area contributed by atoms with Crippen LogP contribution in [0, 0.1) is 6.92 Å². The lowest BCUT2D eigenvalue weighted by Crippen LogP contribution is -2.34. The fourth-order valence-corrected chi connectivity index (χ4v) is 3.11. The Morgan fingerprint density at radius 3 is 2.68 bits per heavy atom. The van der Waals surface area contributed by atoms with Crippen molar-refractivity contribution in [3.05, 3.63) is 41.8 Å². The van der Waals surface area contributed by atoms with Gasteiger partial charge in [0.05, 0.1) is 17.6 Å². The lowest BCUT2D eigenvalue weighted by Gasteiger charge is -2.24. The van der Waals surface area contributed by atoms with Crippen LogP contribution in [0.25, 0.3) is 11.0 Å². The van der Waals surface area contributed by atoms with Gasteiger partial charge >= 0.3 is 0 Å². The monoisotopic (exact) mass is 341 g/mol. The zero-order valence-corrected chi connectivity index (χ0v) is 15.1. The van der Waals surface area contributed by atoms with E-state index >= 15 is 0 Å². The van der Waals surface area contributed by atoms with Crippen LogP contribution in [-0.4, -0.2) is 37.5 Å². The Bertz CT molecular complexity index is 883. The van der Waals surface area contributed by atoms with Crippen LogP contribution < -0.4 is 0 Å². The molecule has 0 unspecified atom stereocenters. The number of para-hydroxylation sites is 2. The number of hydrogen-bond acceptors (Lipinski definition) is 5. The van der Waals surface area contributed by atoms with Crippen molar-refractivity contribution in [2.45, 2.75) is 46.2 Å². The van der Waals surface area contributed by atoms with Gasteiger partial charge in [-0.15, -0.1) is 0 Å². The Morgan fingerprint density at radius 2 is 2.04 bits per heavy atom. The molecule has 7 nitrogen and oxygen atoms in total. The van der Waals surface area contributed by atoms with Crippen molar-refractivity contribution in [1.29, 1.82) is 0 Å². The van der Waals surface area contributed by atoms with Gasteiger partial charge in [-0.3, -0.25) is 4.79 Å². The maximum absolute atomic E-state index is 13.1. The Balaban J connectivity index is 1.92. The van der Waals surface area contributed by atoms with Gasteiger partial charge in [-0.2, -0.15) is 4.98 Å². The Labute approximate surface area is 146 Å². The fraction of sp³-hybridized carbons (Fsp3) is 0.444. The molecule has 0 saturated heterocycles. The fourth-order valence-electron chi connectivity index (χ4n) is 3.11. The molecule has 25 heavy (non-hydrogen) atoms. The molecule has 0 aliphatic heterocycles. The van der Waals surface area contributed by atoms with E-state index in [0.717, 1.165) is 23.3 Å². The summed E-state index contributed by atoms with van der Waals surface area (Å²) in [6, 6.07) is 7.63. The molecule has 0 fully saturated rings. The summed E-state index contributed by atoms with van der Waals surface area (Å²) in [5, 5.41) is 3.87. The number of hydrogen-bond donors (Lipinski definition) is 0. The van der Waals surface area contributed by atoms with E-state index < -0.39 is 0 Å². The molecule has 0 saturated carbocycles. The summed E-state index contributed by atoms with van der Waals surface area (Å²) in [5.41, 5.74) is 1.91. The molecule has 2 aromatic heterocycles. The van der Waals surface area contributed by atoms with Gasteiger partial charge in [-0.25, -0.2) is 4.98 Å². The normalized spacial score (nSPS) is 12.5. The van der Waals surface area contributed by atoms with Crippen molar-refractivity contribution in [1.82, 2.24) is 24.6 Å². The van der Waals surface area contributed by atoms with E-state index in [1.165, 1.54) is 0 Å². The number of likely N-dealkylation sites (N-methyl/N-ethyl adjacent to an activating group) is 1. The number of imidazole rings is 1. The minimum absolute atomic E-state index is 0.0165. The first-order valence-electron chi connectivity index (χ1n) is 8.55. The van der Waals surface area contributed by atoms with Gasteiger partial charge in [0.1, 0.15) is 11.9 Å². The lowest BCUT2D eigenvalue weighted by atomic mass is 10.1. The molecular formula is C18H23N5O2. The maximum atomic E-state index is 13.1. The zero-order valence-electron chi connectivity index (χ0n) is 15.1. The number of nitrogens with zero attached hydrogens (tertiary/aromatic N) is 5. The molecule has 1 amide bonds. The van der Waals surface area contributed by atoms with Gasteiger partial charge in [-0.1, -0.05) is 31.1 Å². The summed E-state index contributed by atoms with van der Waals surface area (Å²) in [5.74, 6) is 1.94. The summed E-state index contributed by atoms with van der Waals surface area (Å²) in [7, 11) is 1.77. The first-order chi connectivity index (χ1) is 12.0. The van der Waals surface area contributed by atoms with Crippen LogP contribution in [0.15, 0.2) is 28.8 Å². The van der Waals surface area contributed by atoms with E-state index in [9.17, 15) is 4.79 Å². The lowest BCUT2D eigenvalue weighted by molar-refractivity contribution is -0.134. The zero-order chi connectivity index (χ0) is 18.0. The molecule has 2 heterocycles. The standard InChI is InChI=1S/C18H23N5O2/c1-5-14(18(24)22(4)11-16-19-12(3)25-21-16)23-15-10-8-7-9-13(15)20-17(23)6-2/h7-10,14H,5-6,11H2,1-4H3/t14-/m0/s1. The smallest absolute Gasteiger partial charge is 0.245 e. The number of aromatic nitrogens is 4. The number of benzene rings is 1. The van der Waals surface area contributed by atoms with Crippen LogP contribution in [0.1, 0.15) is 43.8 Å². The summed E-state index contributed by atoms with van der Waals surface area (Å²) >= 11 is 0. The minimum Gasteiger partial charge on any atom is -0.340 e. The minimum atomic E-state index is -0.305. The molecule has 1 atom stereocenters. The van der Waals surface area contributed by atoms with E-state index in [0.29, 0.717) is 24.7 Å². The highest BCUT2D eigenvalue weighted by Crippen LogP contribution is 2.25. The molecule has 0 bridgehead atoms. The number of fused-ring (bicyclic) bond motifs is 1. The van der Waals surface area contributed by atoms with Gasteiger partial charge in [0, 0.05) is 20.4 Å². The van der Waals surface area contributed by atoms with Gasteiger partial charge in [-0.05, 0) is 18.6 Å². The highest BCUT2D eigenvalue weighted by atomic mass is 16.5. The summed E-state index contributed by atoms with van der Waals surface area (Å²) in [6.45, 7) is 6.13. The Morgan fingerprint density at radius 1 is 1.28 bits per heavy atom. The second-order valence-corrected chi connectivity index (χ2v) is 6.09. The number of carbonyl (C=O) groups is 1. The van der Waals surface area contributed by atoms with Crippen molar-refractivity contribution in [3.8, 4) is 0 Å². The van der Waals surface area contributed by atoms with Crippen LogP contribution in [-0.2, 0) is 17.8 Å². The Kier molecular flexibility index (Phi) is 4.83. The maximum Gasteiger partial charge on any atom is 0.245 e. The SMILES string of the molecule is CCc1nc2ccccc2n1[C@@H](CC)C(=O)N(C)Cc1noc(C)n1. The van der Waals surface area contributed by atoms with Crippen LogP contribution in [0.5, 0.6) is 0 Å². The van der Waals surface area contributed by atoms with E-state index in [2.05, 4.69) is 26.6 Å². The van der Waals surface area contributed by atoms with Gasteiger partial charge in [0.25, 0.3) is 0 Å². The number of amides is 1. The van der Waals surface area contributed by atoms with Crippen molar-refractivity contribution < 1.29 is 9.32 Å². The van der Waals surface area contributed by atoms with E-state index in [1.807, 2.05) is 31.2 Å². The summed E-state index contributed by atoms with van der Waals surface area (Å²) < 4.78 is 7.05. The molecular weight excluding hydrogens is 318 g/mol. The largest absolute Gasteiger partial charge is 0.340 e. The molecule has 0 N–H and O–H groups in total. The van der Waals surface area contributed by atoms with Crippen molar-refractivity contribution in [2.75, 3.05) is 7.05 Å². The van der Waals surface area contributed by atoms with Crippen LogP contribution in [0.4, 0.5) is 0 Å². The molecule has 0 aliphatic carbocycles. The van der Waals surface area contributed by atoms with Gasteiger partial charge < -0.3 is 14.0 Å². The molecule has 3 aromatic rings. The van der Waals surface area contributed by atoms with E-state index in [1.54, 1.807) is 18.9 Å². The van der Waals surface area contributed by atoms with Crippen LogP contribution >= 0.6 is 0 Å². The highest BCUT2D eigenvalue weighted by Gasteiger charge is 2.26. The molecule has 132 valence electrons. The van der Waals surface area contributed by atoms with Crippen molar-refractivity contribution >= 4 is 16.9 Å². The molecule has 7 heteroatoms. The summed E-state index contributed by atoms with van der Waals surface area (Å²) in [4.78, 5) is 23.6. The topological polar surface area (TPSA) is 77.0 Å². The van der Waals surface area contributed by atoms with Crippen LogP contribution in [0.3, 0.4) is 0 Å². The number of rotatable bonds is 6. The number of aryl methyl sites for hydroxylation is 2. The second-order valence-electron chi connectivity index (χ2n) is 6.09. The molecule has 0 spiro atoms. The predicted molar refractivity (Wildman–Crippen MR) is 93.9 cm³/mol. The van der Waals surface area contributed by atoms with Gasteiger partial charge in [0.2, 0.25) is 11.8 Å². The van der Waals surface area contributed by atoms with E-state index in [-0.39, 0.29) is 11.9 Å². The first kappa shape index (κ1) is 17.1. The third-order valence-electron chi connectivity index (χ3n) is 4.29. The molecule has 0 radical (unpaired) electrons. The van der Waals surface area contributed by atoms with Crippen molar-refractivity contribution in [3.63, 3.8) is 0 Å². The molecule has 1 aromatic carbocycles.